The number of guanidine groups is 1. The lowest BCUT2D eigenvalue weighted by Crippen LogP contribution is -2.44. The highest BCUT2D eigenvalue weighted by Crippen LogP contribution is 2.16. The first-order valence-corrected chi connectivity index (χ1v) is 10.8. The molecule has 1 atom stereocenters. The van der Waals surface area contributed by atoms with Crippen molar-refractivity contribution in [3.05, 3.63) is 59.8 Å². The Hall–Kier alpha value is -1.91. The Balaban J connectivity index is 0.00000341. The Morgan fingerprint density at radius 2 is 1.87 bits per heavy atom. The highest BCUT2D eigenvalue weighted by Gasteiger charge is 2.15. The molecule has 1 aliphatic heterocycles. The van der Waals surface area contributed by atoms with E-state index in [1.54, 1.807) is 0 Å². The molecule has 1 aromatic carbocycles. The van der Waals surface area contributed by atoms with Crippen molar-refractivity contribution in [1.29, 1.82) is 0 Å². The molecule has 0 amide bonds. The second-order valence-corrected chi connectivity index (χ2v) is 7.65. The van der Waals surface area contributed by atoms with Gasteiger partial charge in [-0.3, -0.25) is 0 Å². The van der Waals surface area contributed by atoms with Gasteiger partial charge in [0.1, 0.15) is 5.82 Å². The summed E-state index contributed by atoms with van der Waals surface area (Å²) in [7, 11) is 2.16. The molecular weight excluding hydrogens is 503 g/mol. The van der Waals surface area contributed by atoms with E-state index in [9.17, 15) is 5.11 Å². The predicted octanol–water partition coefficient (Wildman–Crippen LogP) is 2.63. The fourth-order valence-electron chi connectivity index (χ4n) is 3.45. The van der Waals surface area contributed by atoms with Gasteiger partial charge in [0.2, 0.25) is 0 Å². The monoisotopic (exact) mass is 538 g/mol. The topological polar surface area (TPSA) is 76.0 Å². The Morgan fingerprint density at radius 1 is 1.13 bits per heavy atom. The number of aliphatic hydroxyl groups excluding tert-OH is 1. The fraction of sp³-hybridized carbons (Fsp3) is 0.478. The van der Waals surface area contributed by atoms with Crippen molar-refractivity contribution in [2.24, 2.45) is 4.99 Å². The summed E-state index contributed by atoms with van der Waals surface area (Å²) < 4.78 is 0. The van der Waals surface area contributed by atoms with Crippen LogP contribution in [0.5, 0.6) is 0 Å². The molecule has 1 unspecified atom stereocenters. The molecule has 31 heavy (non-hydrogen) atoms. The number of rotatable bonds is 8. The smallest absolute Gasteiger partial charge is 0.191 e. The Morgan fingerprint density at radius 3 is 2.58 bits per heavy atom. The summed E-state index contributed by atoms with van der Waals surface area (Å²) in [6.45, 7) is 8.20. The number of pyridine rings is 1. The van der Waals surface area contributed by atoms with Crippen LogP contribution in [0.15, 0.2) is 53.7 Å². The molecule has 1 saturated heterocycles. The number of hydrogen-bond acceptors (Lipinski definition) is 5. The minimum Gasteiger partial charge on any atom is -0.388 e. The summed E-state index contributed by atoms with van der Waals surface area (Å²) in [5.74, 6) is 1.79. The molecule has 0 aliphatic carbocycles. The van der Waals surface area contributed by atoms with Gasteiger partial charge in [0.05, 0.1) is 12.6 Å². The first-order chi connectivity index (χ1) is 14.7. The molecule has 2 aromatic rings. The van der Waals surface area contributed by atoms with Gasteiger partial charge in [0.25, 0.3) is 0 Å². The number of nitrogens with zero attached hydrogens (tertiary/aromatic N) is 4. The predicted molar refractivity (Wildman–Crippen MR) is 138 cm³/mol. The molecule has 3 rings (SSSR count). The van der Waals surface area contributed by atoms with Crippen LogP contribution in [0.4, 0.5) is 5.82 Å². The summed E-state index contributed by atoms with van der Waals surface area (Å²) in [5, 5.41) is 16.9. The third-order valence-electron chi connectivity index (χ3n) is 5.30. The van der Waals surface area contributed by atoms with Gasteiger partial charge in [-0.1, -0.05) is 30.3 Å². The van der Waals surface area contributed by atoms with Crippen LogP contribution in [0.3, 0.4) is 0 Å². The standard InChI is InChI=1S/C23H34N6O.HI/c1-3-24-23(26-12-10-21(30)20-7-5-4-6-8-20)27-18-19-9-11-25-22(17-19)29-15-13-28(2)14-16-29;/h4-9,11,17,21,30H,3,10,12-16,18H2,1-2H3,(H2,24,26,27);1H. The zero-order valence-electron chi connectivity index (χ0n) is 18.5. The van der Waals surface area contributed by atoms with Gasteiger partial charge in [0.15, 0.2) is 5.96 Å². The van der Waals surface area contributed by atoms with Crippen LogP contribution >= 0.6 is 24.0 Å². The SMILES string of the molecule is CCNC(=NCc1ccnc(N2CCN(C)CC2)c1)NCCC(O)c1ccccc1.I. The van der Waals surface area contributed by atoms with Gasteiger partial charge < -0.3 is 25.5 Å². The number of hydrogen-bond donors (Lipinski definition) is 3. The highest BCUT2D eigenvalue weighted by atomic mass is 127. The van der Waals surface area contributed by atoms with Crippen molar-refractivity contribution in [3.63, 3.8) is 0 Å². The van der Waals surface area contributed by atoms with Gasteiger partial charge >= 0.3 is 0 Å². The molecule has 0 bridgehead atoms. The molecule has 0 saturated carbocycles. The van der Waals surface area contributed by atoms with E-state index >= 15 is 0 Å². The first kappa shape index (κ1) is 25.4. The van der Waals surface area contributed by atoms with E-state index in [0.29, 0.717) is 19.5 Å². The average Bonchev–Trinajstić information content (AvgIpc) is 2.78. The van der Waals surface area contributed by atoms with E-state index in [-0.39, 0.29) is 24.0 Å². The van der Waals surface area contributed by atoms with Crippen molar-refractivity contribution in [1.82, 2.24) is 20.5 Å². The number of nitrogens with one attached hydrogen (secondary N) is 2. The lowest BCUT2D eigenvalue weighted by atomic mass is 10.1. The van der Waals surface area contributed by atoms with E-state index in [0.717, 1.165) is 55.6 Å². The van der Waals surface area contributed by atoms with Gasteiger partial charge in [-0.05, 0) is 43.7 Å². The van der Waals surface area contributed by atoms with E-state index in [1.165, 1.54) is 0 Å². The average molecular weight is 538 g/mol. The lowest BCUT2D eigenvalue weighted by Gasteiger charge is -2.33. The van der Waals surface area contributed by atoms with Crippen molar-refractivity contribution in [2.75, 3.05) is 51.2 Å². The first-order valence-electron chi connectivity index (χ1n) is 10.8. The molecule has 0 radical (unpaired) electrons. The number of likely N-dealkylation sites (N-methyl/N-ethyl adjacent to an activating group) is 1. The van der Waals surface area contributed by atoms with Crippen molar-refractivity contribution < 1.29 is 5.11 Å². The zero-order valence-corrected chi connectivity index (χ0v) is 20.8. The Bertz CT molecular complexity index is 796. The van der Waals surface area contributed by atoms with E-state index < -0.39 is 6.10 Å². The Kier molecular flexibility index (Phi) is 11.0. The minimum atomic E-state index is -0.479. The van der Waals surface area contributed by atoms with Crippen LogP contribution < -0.4 is 15.5 Å². The summed E-state index contributed by atoms with van der Waals surface area (Å²) in [6, 6.07) is 13.9. The largest absolute Gasteiger partial charge is 0.388 e. The van der Waals surface area contributed by atoms with Crippen molar-refractivity contribution in [3.8, 4) is 0 Å². The highest BCUT2D eigenvalue weighted by molar-refractivity contribution is 14.0. The molecule has 1 aliphatic rings. The summed E-state index contributed by atoms with van der Waals surface area (Å²) in [5.41, 5.74) is 2.08. The summed E-state index contributed by atoms with van der Waals surface area (Å²) in [4.78, 5) is 13.9. The number of halogens is 1. The van der Waals surface area contributed by atoms with Crippen molar-refractivity contribution >= 4 is 35.8 Å². The van der Waals surface area contributed by atoms with E-state index in [2.05, 4.69) is 38.5 Å². The second-order valence-electron chi connectivity index (χ2n) is 7.65. The maximum atomic E-state index is 10.3. The number of anilines is 1. The summed E-state index contributed by atoms with van der Waals surface area (Å²) >= 11 is 0. The maximum Gasteiger partial charge on any atom is 0.191 e. The van der Waals surface area contributed by atoms with Crippen LogP contribution in [0.25, 0.3) is 0 Å². The van der Waals surface area contributed by atoms with Gasteiger partial charge in [0, 0.05) is 45.5 Å². The molecular formula is C23H35IN6O. The quantitative estimate of drug-likeness (QED) is 0.273. The molecule has 2 heterocycles. The normalized spacial score (nSPS) is 15.8. The summed E-state index contributed by atoms with van der Waals surface area (Å²) in [6.07, 6.45) is 2.01. The number of benzene rings is 1. The van der Waals surface area contributed by atoms with E-state index in [4.69, 9.17) is 4.99 Å². The molecule has 0 spiro atoms. The number of piperazine rings is 1. The van der Waals surface area contributed by atoms with Crippen molar-refractivity contribution in [2.45, 2.75) is 26.0 Å². The van der Waals surface area contributed by atoms with Crippen LogP contribution in [0, 0.1) is 0 Å². The molecule has 7 nitrogen and oxygen atoms in total. The van der Waals surface area contributed by atoms with Gasteiger partial charge in [-0.25, -0.2) is 9.98 Å². The zero-order chi connectivity index (χ0) is 21.2. The maximum absolute atomic E-state index is 10.3. The minimum absolute atomic E-state index is 0. The fourth-order valence-corrected chi connectivity index (χ4v) is 3.45. The third-order valence-corrected chi connectivity index (χ3v) is 5.30. The van der Waals surface area contributed by atoms with Crippen LogP contribution in [-0.2, 0) is 6.54 Å². The lowest BCUT2D eigenvalue weighted by molar-refractivity contribution is 0.168. The second kappa shape index (κ2) is 13.5. The van der Waals surface area contributed by atoms with Gasteiger partial charge in [-0.15, -0.1) is 24.0 Å². The molecule has 1 fully saturated rings. The number of aliphatic hydroxyl groups is 1. The van der Waals surface area contributed by atoms with Crippen LogP contribution in [0.1, 0.15) is 30.6 Å². The molecule has 8 heteroatoms. The third kappa shape index (κ3) is 8.27. The van der Waals surface area contributed by atoms with E-state index in [1.807, 2.05) is 49.5 Å². The molecule has 1 aromatic heterocycles. The van der Waals surface area contributed by atoms with Gasteiger partial charge in [-0.2, -0.15) is 0 Å². The number of aromatic nitrogens is 1. The molecule has 3 N–H and O–H groups in total. The molecule has 170 valence electrons. The number of aliphatic imine (C=N–C) groups is 1. The van der Waals surface area contributed by atoms with Crippen LogP contribution in [-0.4, -0.2) is 67.3 Å². The van der Waals surface area contributed by atoms with Crippen LogP contribution in [0.2, 0.25) is 0 Å². The Labute approximate surface area is 203 Å².